The molecule has 0 unspecified atom stereocenters. The quantitative estimate of drug-likeness (QED) is 0.551. The summed E-state index contributed by atoms with van der Waals surface area (Å²) in [5.74, 6) is 4.71. The molecule has 84 valence electrons. The summed E-state index contributed by atoms with van der Waals surface area (Å²) >= 11 is 0. The average Bonchev–Trinajstić information content (AvgIpc) is 2.36. The molecule has 1 aromatic heterocycles. The minimum atomic E-state index is -0.513. The normalized spacial score (nSPS) is 9.47. The third-order valence-corrected chi connectivity index (χ3v) is 2.24. The molecule has 17 heavy (non-hydrogen) atoms. The van der Waals surface area contributed by atoms with Gasteiger partial charge in [0, 0.05) is 29.1 Å². The molecule has 0 atom stereocenters. The van der Waals surface area contributed by atoms with E-state index in [-0.39, 0.29) is 0 Å². The Morgan fingerprint density at radius 1 is 1.35 bits per heavy atom. The third kappa shape index (κ3) is 2.61. The van der Waals surface area contributed by atoms with Crippen molar-refractivity contribution in [1.29, 1.82) is 0 Å². The number of esters is 1. The number of hydrogen-bond donors (Lipinski definition) is 0. The van der Waals surface area contributed by atoms with E-state index in [9.17, 15) is 4.79 Å². The molecular weight excluding hydrogens is 214 g/mol. The SMILES string of the molecule is CCOC(=O)C#Cc1cncc2ccccc12. The van der Waals surface area contributed by atoms with Crippen LogP contribution in [0.3, 0.4) is 0 Å². The van der Waals surface area contributed by atoms with Crippen LogP contribution >= 0.6 is 0 Å². The lowest BCUT2D eigenvalue weighted by molar-refractivity contribution is -0.136. The molecule has 3 heteroatoms. The van der Waals surface area contributed by atoms with E-state index in [1.54, 1.807) is 19.3 Å². The van der Waals surface area contributed by atoms with Gasteiger partial charge in [-0.1, -0.05) is 30.2 Å². The van der Waals surface area contributed by atoms with E-state index in [4.69, 9.17) is 4.74 Å². The van der Waals surface area contributed by atoms with E-state index in [1.807, 2.05) is 24.3 Å². The van der Waals surface area contributed by atoms with Crippen molar-refractivity contribution in [3.05, 3.63) is 42.2 Å². The van der Waals surface area contributed by atoms with Gasteiger partial charge < -0.3 is 4.74 Å². The first-order chi connectivity index (χ1) is 8.31. The number of pyridine rings is 1. The van der Waals surface area contributed by atoms with Gasteiger partial charge in [0.2, 0.25) is 0 Å². The number of aromatic nitrogens is 1. The summed E-state index contributed by atoms with van der Waals surface area (Å²) in [6.07, 6.45) is 3.42. The highest BCUT2D eigenvalue weighted by Gasteiger charge is 1.98. The van der Waals surface area contributed by atoms with Crippen LogP contribution in [0.2, 0.25) is 0 Å². The number of benzene rings is 1. The molecule has 0 aliphatic carbocycles. The van der Waals surface area contributed by atoms with Gasteiger partial charge in [0.1, 0.15) is 0 Å². The predicted octanol–water partition coefficient (Wildman–Crippen LogP) is 2.15. The van der Waals surface area contributed by atoms with Crippen molar-refractivity contribution in [2.24, 2.45) is 0 Å². The average molecular weight is 225 g/mol. The van der Waals surface area contributed by atoms with Crippen molar-refractivity contribution in [1.82, 2.24) is 4.98 Å². The zero-order chi connectivity index (χ0) is 12.1. The van der Waals surface area contributed by atoms with Gasteiger partial charge in [-0.3, -0.25) is 4.98 Å². The largest absolute Gasteiger partial charge is 0.456 e. The van der Waals surface area contributed by atoms with Crippen LogP contribution in [0.4, 0.5) is 0 Å². The predicted molar refractivity (Wildman–Crippen MR) is 65.3 cm³/mol. The molecule has 0 aliphatic rings. The highest BCUT2D eigenvalue weighted by Crippen LogP contribution is 2.15. The molecule has 1 aromatic carbocycles. The van der Waals surface area contributed by atoms with Crippen molar-refractivity contribution >= 4 is 16.7 Å². The molecule has 0 N–H and O–H groups in total. The summed E-state index contributed by atoms with van der Waals surface area (Å²) < 4.78 is 4.74. The van der Waals surface area contributed by atoms with E-state index >= 15 is 0 Å². The maximum atomic E-state index is 11.1. The number of rotatable bonds is 1. The fourth-order valence-corrected chi connectivity index (χ4v) is 1.50. The second-order valence-corrected chi connectivity index (χ2v) is 3.38. The zero-order valence-electron chi connectivity index (χ0n) is 9.43. The van der Waals surface area contributed by atoms with Gasteiger partial charge in [-0.25, -0.2) is 4.79 Å². The zero-order valence-corrected chi connectivity index (χ0v) is 9.43. The molecule has 2 aromatic rings. The highest BCUT2D eigenvalue weighted by atomic mass is 16.5. The number of hydrogen-bond acceptors (Lipinski definition) is 3. The van der Waals surface area contributed by atoms with Crippen LogP contribution in [0.15, 0.2) is 36.7 Å². The van der Waals surface area contributed by atoms with Crippen molar-refractivity contribution in [2.75, 3.05) is 6.61 Å². The van der Waals surface area contributed by atoms with Gasteiger partial charge in [-0.15, -0.1) is 0 Å². The molecule has 0 aliphatic heterocycles. The van der Waals surface area contributed by atoms with Crippen molar-refractivity contribution < 1.29 is 9.53 Å². The van der Waals surface area contributed by atoms with Crippen LogP contribution in [0.1, 0.15) is 12.5 Å². The second kappa shape index (κ2) is 5.13. The fraction of sp³-hybridized carbons (Fsp3) is 0.143. The Bertz CT molecular complexity index is 603. The Morgan fingerprint density at radius 2 is 2.18 bits per heavy atom. The van der Waals surface area contributed by atoms with E-state index in [2.05, 4.69) is 16.8 Å². The molecule has 0 amide bonds. The number of carbonyl (C=O) groups excluding carboxylic acids is 1. The lowest BCUT2D eigenvalue weighted by atomic mass is 10.1. The molecule has 2 rings (SSSR count). The Hall–Kier alpha value is -2.34. The number of carbonyl (C=O) groups is 1. The van der Waals surface area contributed by atoms with Gasteiger partial charge in [0.15, 0.2) is 0 Å². The Labute approximate surface area is 99.4 Å². The van der Waals surface area contributed by atoms with E-state index < -0.39 is 5.97 Å². The van der Waals surface area contributed by atoms with Gasteiger partial charge >= 0.3 is 5.97 Å². The summed E-state index contributed by atoms with van der Waals surface area (Å²) in [7, 11) is 0. The number of nitrogens with zero attached hydrogens (tertiary/aromatic N) is 1. The number of ether oxygens (including phenoxy) is 1. The summed E-state index contributed by atoms with van der Waals surface area (Å²) in [5, 5.41) is 1.99. The molecule has 0 radical (unpaired) electrons. The van der Waals surface area contributed by atoms with Crippen molar-refractivity contribution in [3.63, 3.8) is 0 Å². The van der Waals surface area contributed by atoms with Crippen LogP contribution in [-0.4, -0.2) is 17.6 Å². The van der Waals surface area contributed by atoms with Crippen LogP contribution in [0.25, 0.3) is 10.8 Å². The first-order valence-electron chi connectivity index (χ1n) is 5.33. The highest BCUT2D eigenvalue weighted by molar-refractivity contribution is 5.92. The smallest absolute Gasteiger partial charge is 0.384 e. The summed E-state index contributed by atoms with van der Waals surface area (Å²) in [5.41, 5.74) is 0.733. The topological polar surface area (TPSA) is 39.2 Å². The molecule has 0 saturated heterocycles. The van der Waals surface area contributed by atoms with Crippen LogP contribution in [-0.2, 0) is 9.53 Å². The molecule has 0 spiro atoms. The Balaban J connectivity index is 2.39. The standard InChI is InChI=1S/C14H11NO2/c1-2-17-14(16)8-7-12-10-15-9-11-5-3-4-6-13(11)12/h3-6,9-10H,2H2,1H3. The lowest BCUT2D eigenvalue weighted by Gasteiger charge is -1.98. The first-order valence-corrected chi connectivity index (χ1v) is 5.33. The molecule has 0 fully saturated rings. The lowest BCUT2D eigenvalue weighted by Crippen LogP contribution is -1.99. The monoisotopic (exact) mass is 225 g/mol. The molecule has 0 bridgehead atoms. The number of fused-ring (bicyclic) bond motifs is 1. The second-order valence-electron chi connectivity index (χ2n) is 3.38. The first kappa shape index (κ1) is 11.2. The van der Waals surface area contributed by atoms with Crippen LogP contribution in [0.5, 0.6) is 0 Å². The summed E-state index contributed by atoms with van der Waals surface area (Å²) in [6, 6.07) is 7.77. The van der Waals surface area contributed by atoms with Gasteiger partial charge in [0.05, 0.1) is 12.2 Å². The minimum absolute atomic E-state index is 0.335. The van der Waals surface area contributed by atoms with E-state index in [1.165, 1.54) is 0 Å². The molecule has 3 nitrogen and oxygen atoms in total. The molecule has 1 heterocycles. The van der Waals surface area contributed by atoms with Gasteiger partial charge in [0.25, 0.3) is 0 Å². The van der Waals surface area contributed by atoms with Gasteiger partial charge in [-0.2, -0.15) is 0 Å². The molecular formula is C14H11NO2. The molecule has 0 saturated carbocycles. The van der Waals surface area contributed by atoms with Crippen LogP contribution < -0.4 is 0 Å². The fourth-order valence-electron chi connectivity index (χ4n) is 1.50. The van der Waals surface area contributed by atoms with Crippen LogP contribution in [0, 0.1) is 11.8 Å². The van der Waals surface area contributed by atoms with Crippen molar-refractivity contribution in [2.45, 2.75) is 6.92 Å². The van der Waals surface area contributed by atoms with Gasteiger partial charge in [-0.05, 0) is 6.92 Å². The Morgan fingerprint density at radius 3 is 3.00 bits per heavy atom. The van der Waals surface area contributed by atoms with E-state index in [0.29, 0.717) is 6.61 Å². The maximum absolute atomic E-state index is 11.1. The Kier molecular flexibility index (Phi) is 3.37. The minimum Gasteiger partial charge on any atom is -0.456 e. The summed E-state index contributed by atoms with van der Waals surface area (Å²) in [4.78, 5) is 15.2. The van der Waals surface area contributed by atoms with E-state index in [0.717, 1.165) is 16.3 Å². The van der Waals surface area contributed by atoms with Crippen molar-refractivity contribution in [3.8, 4) is 11.8 Å². The summed E-state index contributed by atoms with van der Waals surface area (Å²) in [6.45, 7) is 2.08. The maximum Gasteiger partial charge on any atom is 0.384 e. The third-order valence-electron chi connectivity index (χ3n) is 2.24.